The molecule has 0 bridgehead atoms. The molecule has 1 aromatic heterocycles. The van der Waals surface area contributed by atoms with Gasteiger partial charge in [0.15, 0.2) is 0 Å². The lowest BCUT2D eigenvalue weighted by Gasteiger charge is -2.14. The van der Waals surface area contributed by atoms with Gasteiger partial charge in [-0.05, 0) is 12.0 Å². The molecule has 0 saturated carbocycles. The van der Waals surface area contributed by atoms with Crippen molar-refractivity contribution in [3.05, 3.63) is 18.3 Å². The van der Waals surface area contributed by atoms with E-state index >= 15 is 0 Å². The number of nitrogens with zero attached hydrogens (tertiary/aromatic N) is 1. The lowest BCUT2D eigenvalue weighted by Crippen LogP contribution is -2.17. The van der Waals surface area contributed by atoms with E-state index in [0.29, 0.717) is 12.4 Å². The Kier molecular flexibility index (Phi) is 5.26. The zero-order valence-corrected chi connectivity index (χ0v) is 10.1. The van der Waals surface area contributed by atoms with E-state index in [0.717, 1.165) is 12.1 Å². The Morgan fingerprint density at radius 1 is 1.65 bits per heavy atom. The van der Waals surface area contributed by atoms with Gasteiger partial charge in [-0.1, -0.05) is 13.3 Å². The Morgan fingerprint density at radius 3 is 3.00 bits per heavy atom. The van der Waals surface area contributed by atoms with E-state index in [4.69, 9.17) is 9.84 Å². The SMILES string of the molecule is CCC(CNc1ccnc(OC)c1)CC(=O)O. The molecule has 5 heteroatoms. The first-order valence-corrected chi connectivity index (χ1v) is 5.61. The number of methoxy groups -OCH3 is 1. The smallest absolute Gasteiger partial charge is 0.303 e. The summed E-state index contributed by atoms with van der Waals surface area (Å²) in [6, 6.07) is 3.61. The molecule has 5 nitrogen and oxygen atoms in total. The molecular weight excluding hydrogens is 220 g/mol. The van der Waals surface area contributed by atoms with E-state index in [1.54, 1.807) is 19.4 Å². The summed E-state index contributed by atoms with van der Waals surface area (Å²) >= 11 is 0. The van der Waals surface area contributed by atoms with E-state index in [1.807, 2.05) is 13.0 Å². The Balaban J connectivity index is 2.50. The lowest BCUT2D eigenvalue weighted by atomic mass is 10.0. The van der Waals surface area contributed by atoms with Crippen LogP contribution in [0.4, 0.5) is 5.69 Å². The third-order valence-corrected chi connectivity index (χ3v) is 2.58. The summed E-state index contributed by atoms with van der Waals surface area (Å²) < 4.78 is 5.01. The Labute approximate surface area is 101 Å². The molecule has 1 aromatic rings. The van der Waals surface area contributed by atoms with Crippen molar-refractivity contribution in [3.63, 3.8) is 0 Å². The van der Waals surface area contributed by atoms with Crippen molar-refractivity contribution < 1.29 is 14.6 Å². The normalized spacial score (nSPS) is 11.9. The summed E-state index contributed by atoms with van der Waals surface area (Å²) in [6.07, 6.45) is 2.67. The molecule has 94 valence electrons. The second-order valence-corrected chi connectivity index (χ2v) is 3.84. The number of ether oxygens (including phenoxy) is 1. The fraction of sp³-hybridized carbons (Fsp3) is 0.500. The van der Waals surface area contributed by atoms with Gasteiger partial charge < -0.3 is 15.2 Å². The van der Waals surface area contributed by atoms with Crippen molar-refractivity contribution in [3.8, 4) is 5.88 Å². The average Bonchev–Trinajstić information content (AvgIpc) is 2.34. The Bertz CT molecular complexity index is 369. The molecule has 0 aromatic carbocycles. The van der Waals surface area contributed by atoms with Crippen LogP contribution in [-0.2, 0) is 4.79 Å². The molecular formula is C12H18N2O3. The first-order chi connectivity index (χ1) is 8.15. The second kappa shape index (κ2) is 6.73. The van der Waals surface area contributed by atoms with E-state index in [9.17, 15) is 4.79 Å². The van der Waals surface area contributed by atoms with E-state index in [-0.39, 0.29) is 12.3 Å². The number of pyridine rings is 1. The molecule has 2 N–H and O–H groups in total. The summed E-state index contributed by atoms with van der Waals surface area (Å²) in [5, 5.41) is 11.9. The zero-order valence-electron chi connectivity index (χ0n) is 10.1. The van der Waals surface area contributed by atoms with E-state index < -0.39 is 5.97 Å². The quantitative estimate of drug-likeness (QED) is 0.760. The van der Waals surface area contributed by atoms with Crippen LogP contribution in [0.15, 0.2) is 18.3 Å². The van der Waals surface area contributed by atoms with Gasteiger partial charge in [-0.15, -0.1) is 0 Å². The van der Waals surface area contributed by atoms with Gasteiger partial charge in [-0.25, -0.2) is 4.98 Å². The number of anilines is 1. The third-order valence-electron chi connectivity index (χ3n) is 2.58. The van der Waals surface area contributed by atoms with Crippen LogP contribution >= 0.6 is 0 Å². The number of hydrogen-bond donors (Lipinski definition) is 2. The van der Waals surface area contributed by atoms with Crippen LogP contribution in [0.1, 0.15) is 19.8 Å². The van der Waals surface area contributed by atoms with Crippen LogP contribution < -0.4 is 10.1 Å². The number of carboxylic acid groups (broad SMARTS) is 1. The third kappa shape index (κ3) is 4.72. The lowest BCUT2D eigenvalue weighted by molar-refractivity contribution is -0.138. The van der Waals surface area contributed by atoms with Gasteiger partial charge in [0.1, 0.15) is 0 Å². The van der Waals surface area contributed by atoms with Crippen molar-refractivity contribution in [2.45, 2.75) is 19.8 Å². The fourth-order valence-corrected chi connectivity index (χ4v) is 1.50. The van der Waals surface area contributed by atoms with Crippen LogP contribution in [-0.4, -0.2) is 29.7 Å². The number of nitrogens with one attached hydrogen (secondary N) is 1. The topological polar surface area (TPSA) is 71.5 Å². The summed E-state index contributed by atoms with van der Waals surface area (Å²) in [7, 11) is 1.56. The van der Waals surface area contributed by atoms with Crippen LogP contribution in [0.5, 0.6) is 5.88 Å². The van der Waals surface area contributed by atoms with Gasteiger partial charge in [0, 0.05) is 30.9 Å². The zero-order chi connectivity index (χ0) is 12.7. The minimum Gasteiger partial charge on any atom is -0.481 e. The maximum atomic E-state index is 10.6. The molecule has 0 aliphatic carbocycles. The molecule has 0 amide bonds. The molecule has 0 radical (unpaired) electrons. The maximum absolute atomic E-state index is 10.6. The highest BCUT2D eigenvalue weighted by atomic mass is 16.5. The minimum atomic E-state index is -0.758. The predicted octanol–water partition coefficient (Wildman–Crippen LogP) is 2.00. The first-order valence-electron chi connectivity index (χ1n) is 5.61. The fourth-order valence-electron chi connectivity index (χ4n) is 1.50. The van der Waals surface area contributed by atoms with Crippen molar-refractivity contribution in [2.75, 3.05) is 19.0 Å². The molecule has 0 aliphatic rings. The molecule has 0 saturated heterocycles. The standard InChI is InChI=1S/C12H18N2O3/c1-3-9(6-12(15)16)8-14-10-4-5-13-11(7-10)17-2/h4-5,7,9H,3,6,8H2,1-2H3,(H,13,14)(H,15,16). The molecule has 1 heterocycles. The monoisotopic (exact) mass is 238 g/mol. The Morgan fingerprint density at radius 2 is 2.41 bits per heavy atom. The summed E-state index contributed by atoms with van der Waals surface area (Å²) in [5.74, 6) is -0.0843. The number of aliphatic carboxylic acids is 1. The maximum Gasteiger partial charge on any atom is 0.303 e. The van der Waals surface area contributed by atoms with Crippen LogP contribution in [0.2, 0.25) is 0 Å². The predicted molar refractivity (Wildman–Crippen MR) is 65.3 cm³/mol. The van der Waals surface area contributed by atoms with Crippen LogP contribution in [0.25, 0.3) is 0 Å². The van der Waals surface area contributed by atoms with Crippen LogP contribution in [0, 0.1) is 5.92 Å². The number of rotatable bonds is 7. The van der Waals surface area contributed by atoms with Gasteiger partial charge in [0.05, 0.1) is 7.11 Å². The summed E-state index contributed by atoms with van der Waals surface area (Å²) in [4.78, 5) is 14.6. The first kappa shape index (κ1) is 13.3. The molecule has 1 atom stereocenters. The van der Waals surface area contributed by atoms with E-state index in [1.165, 1.54) is 0 Å². The number of aromatic nitrogens is 1. The van der Waals surface area contributed by atoms with Crippen LogP contribution in [0.3, 0.4) is 0 Å². The molecule has 17 heavy (non-hydrogen) atoms. The van der Waals surface area contributed by atoms with Gasteiger partial charge in [-0.2, -0.15) is 0 Å². The van der Waals surface area contributed by atoms with Crippen molar-refractivity contribution in [1.29, 1.82) is 0 Å². The highest BCUT2D eigenvalue weighted by molar-refractivity contribution is 5.67. The number of carbonyl (C=O) groups is 1. The van der Waals surface area contributed by atoms with Gasteiger partial charge in [-0.3, -0.25) is 4.79 Å². The largest absolute Gasteiger partial charge is 0.481 e. The van der Waals surface area contributed by atoms with Crippen molar-refractivity contribution in [2.24, 2.45) is 5.92 Å². The molecule has 0 fully saturated rings. The molecule has 0 spiro atoms. The van der Waals surface area contributed by atoms with Crippen molar-refractivity contribution in [1.82, 2.24) is 4.98 Å². The average molecular weight is 238 g/mol. The molecule has 0 aliphatic heterocycles. The second-order valence-electron chi connectivity index (χ2n) is 3.84. The summed E-state index contributed by atoms with van der Waals surface area (Å²) in [5.41, 5.74) is 0.890. The van der Waals surface area contributed by atoms with Gasteiger partial charge in [0.2, 0.25) is 5.88 Å². The summed E-state index contributed by atoms with van der Waals surface area (Å²) in [6.45, 7) is 2.62. The molecule has 1 unspecified atom stereocenters. The van der Waals surface area contributed by atoms with E-state index in [2.05, 4.69) is 10.3 Å². The number of hydrogen-bond acceptors (Lipinski definition) is 4. The number of carboxylic acids is 1. The van der Waals surface area contributed by atoms with Crippen molar-refractivity contribution >= 4 is 11.7 Å². The van der Waals surface area contributed by atoms with Gasteiger partial charge >= 0.3 is 5.97 Å². The minimum absolute atomic E-state index is 0.131. The Hall–Kier alpha value is -1.78. The highest BCUT2D eigenvalue weighted by Crippen LogP contribution is 2.15. The molecule has 1 rings (SSSR count). The highest BCUT2D eigenvalue weighted by Gasteiger charge is 2.10. The van der Waals surface area contributed by atoms with Gasteiger partial charge in [0.25, 0.3) is 0 Å².